The fourth-order valence-corrected chi connectivity index (χ4v) is 18.2. The van der Waals surface area contributed by atoms with Gasteiger partial charge < -0.3 is 0 Å². The van der Waals surface area contributed by atoms with E-state index in [1.807, 2.05) is 0 Å². The van der Waals surface area contributed by atoms with Gasteiger partial charge in [-0.3, -0.25) is 0 Å². The van der Waals surface area contributed by atoms with E-state index in [4.69, 9.17) is 0 Å². The molecule has 0 heteroatoms. The largest absolute Gasteiger partial charge is 0.0616 e. The van der Waals surface area contributed by atoms with Gasteiger partial charge in [0, 0.05) is 10.8 Å². The van der Waals surface area contributed by atoms with E-state index in [0.29, 0.717) is 0 Å². The summed E-state index contributed by atoms with van der Waals surface area (Å²) in [5, 5.41) is 25.4. The van der Waals surface area contributed by atoms with Gasteiger partial charge in [0.1, 0.15) is 0 Å². The standard InChI is InChI=1S/C94H60/c1-93(2)83-49-75-77(81-47-65(89-71-33-17-9-25-57(71)39-58-26-10-18-34-72(58)89)43-61-41-63(45-79(75)91(61)81)87-67-29-13-5-21-53(67)37-54-22-6-14-30-68(54)87)51-85(83)94(3,4)86-52-78-76(50-84(86)93)80-46-64(88-69-31-15-7-23-55(69)38-56-24-8-16-32-70(56)88)42-62-44-66(48-82(78)92(62)80)90-73-35-19-11-27-59(73)40-60-28-12-20-36-74(60)90/h5-52H,1-4H3. The Kier molecular flexibility index (Phi) is 10.3. The van der Waals surface area contributed by atoms with Crippen molar-refractivity contribution in [1.82, 2.24) is 0 Å². The molecule has 0 bridgehead atoms. The second-order valence-electron chi connectivity index (χ2n) is 28.2. The summed E-state index contributed by atoms with van der Waals surface area (Å²) in [5.41, 5.74) is 25.5. The summed E-state index contributed by atoms with van der Waals surface area (Å²) in [6, 6.07) is 112. The van der Waals surface area contributed by atoms with Crippen molar-refractivity contribution in [2.75, 3.05) is 0 Å². The molecule has 0 amide bonds. The highest BCUT2D eigenvalue weighted by Gasteiger charge is 2.45. The van der Waals surface area contributed by atoms with Gasteiger partial charge in [0.05, 0.1) is 0 Å². The molecule has 0 radical (unpaired) electrons. The van der Waals surface area contributed by atoms with E-state index in [1.54, 1.807) is 0 Å². The zero-order valence-corrected chi connectivity index (χ0v) is 52.7. The van der Waals surface area contributed by atoms with Crippen LogP contribution in [0, 0.1) is 0 Å². The average Bonchev–Trinajstić information content (AvgIpc) is 1.42. The third-order valence-corrected chi connectivity index (χ3v) is 22.5. The zero-order valence-electron chi connectivity index (χ0n) is 52.7. The molecule has 0 fully saturated rings. The van der Waals surface area contributed by atoms with Crippen LogP contribution in [-0.4, -0.2) is 0 Å². The van der Waals surface area contributed by atoms with Crippen molar-refractivity contribution in [3.05, 3.63) is 313 Å². The maximum Gasteiger partial charge on any atom is 0.0153 e. The summed E-state index contributed by atoms with van der Waals surface area (Å²) in [4.78, 5) is 0. The topological polar surface area (TPSA) is 0 Å². The fourth-order valence-electron chi connectivity index (χ4n) is 18.2. The Bertz CT molecular complexity index is 5530. The molecule has 0 atom stereocenters. The van der Waals surface area contributed by atoms with Gasteiger partial charge in [-0.25, -0.2) is 0 Å². The van der Waals surface area contributed by atoms with Crippen LogP contribution >= 0.6 is 0 Å². The maximum absolute atomic E-state index is 2.65. The van der Waals surface area contributed by atoms with Crippen LogP contribution < -0.4 is 0 Å². The van der Waals surface area contributed by atoms with E-state index in [0.717, 1.165) is 0 Å². The van der Waals surface area contributed by atoms with E-state index in [1.165, 1.54) is 219 Å². The van der Waals surface area contributed by atoms with Gasteiger partial charge in [0.2, 0.25) is 0 Å². The zero-order chi connectivity index (χ0) is 62.0. The van der Waals surface area contributed by atoms with E-state index >= 15 is 0 Å². The minimum absolute atomic E-state index is 0.376. The van der Waals surface area contributed by atoms with Gasteiger partial charge in [-0.1, -0.05) is 222 Å². The Labute approximate surface area is 545 Å². The first-order valence-electron chi connectivity index (χ1n) is 33.4. The maximum atomic E-state index is 2.65. The predicted octanol–water partition coefficient (Wildman–Crippen LogP) is 26.1. The lowest BCUT2D eigenvalue weighted by Crippen LogP contribution is -2.36. The predicted molar refractivity (Wildman–Crippen MR) is 403 cm³/mol. The lowest BCUT2D eigenvalue weighted by molar-refractivity contribution is 0.521. The minimum atomic E-state index is -0.376. The van der Waals surface area contributed by atoms with Crippen LogP contribution in [0.25, 0.3) is 197 Å². The normalized spacial score (nSPS) is 13.9. The minimum Gasteiger partial charge on any atom is -0.0616 e. The SMILES string of the molecule is CC1(C)c2cc3c(cc2C(C)(C)c2cc4c(cc21)-c1cc(-c2c5ccccc5cc5ccccc25)cc2cc(-c5c6ccccc6cc6ccccc56)cc-4c12)-c1cc(-c2c4ccccc4cc4ccccc24)cc2cc(-c4c5ccccc5cc5ccccc45)cc-3c12. The van der Waals surface area contributed by atoms with Crippen LogP contribution in [0.3, 0.4) is 0 Å². The smallest absolute Gasteiger partial charge is 0.0153 e. The first-order valence-corrected chi connectivity index (χ1v) is 33.4. The Morgan fingerprint density at radius 3 is 0.543 bits per heavy atom. The van der Waals surface area contributed by atoms with Crippen molar-refractivity contribution in [3.8, 4) is 89.0 Å². The van der Waals surface area contributed by atoms with Crippen molar-refractivity contribution in [2.45, 2.75) is 38.5 Å². The highest BCUT2D eigenvalue weighted by atomic mass is 14.5. The third kappa shape index (κ3) is 7.07. The summed E-state index contributed by atoms with van der Waals surface area (Å²) in [6.07, 6.45) is 0. The van der Waals surface area contributed by atoms with Crippen LogP contribution in [0.15, 0.2) is 291 Å². The molecule has 21 rings (SSSR count). The molecule has 3 aliphatic carbocycles. The molecule has 0 N–H and O–H groups in total. The van der Waals surface area contributed by atoms with Gasteiger partial charge >= 0.3 is 0 Å². The monoisotopic (exact) mass is 1190 g/mol. The molecule has 0 aliphatic heterocycles. The van der Waals surface area contributed by atoms with Crippen molar-refractivity contribution >= 4 is 108 Å². The lowest BCUT2D eigenvalue weighted by atomic mass is 9.59. The molecule has 436 valence electrons. The number of rotatable bonds is 4. The Morgan fingerprint density at radius 1 is 0.170 bits per heavy atom. The second-order valence-corrected chi connectivity index (χ2v) is 28.2. The molecule has 0 saturated carbocycles. The first-order chi connectivity index (χ1) is 46.1. The Morgan fingerprint density at radius 2 is 0.351 bits per heavy atom. The molecule has 18 aromatic rings. The molecule has 3 aliphatic rings. The molecular weight excluding hydrogens is 1130 g/mol. The van der Waals surface area contributed by atoms with E-state index in [-0.39, 0.29) is 10.8 Å². The van der Waals surface area contributed by atoms with Crippen molar-refractivity contribution in [3.63, 3.8) is 0 Å². The van der Waals surface area contributed by atoms with Crippen molar-refractivity contribution in [2.24, 2.45) is 0 Å². The molecule has 0 heterocycles. The van der Waals surface area contributed by atoms with Crippen LogP contribution in [0.4, 0.5) is 0 Å². The molecule has 0 unspecified atom stereocenters. The summed E-state index contributed by atoms with van der Waals surface area (Å²) in [6.45, 7) is 10.1. The van der Waals surface area contributed by atoms with E-state index in [9.17, 15) is 0 Å². The third-order valence-electron chi connectivity index (χ3n) is 22.5. The summed E-state index contributed by atoms with van der Waals surface area (Å²) in [5.74, 6) is 0. The highest BCUT2D eigenvalue weighted by Crippen LogP contribution is 2.61. The van der Waals surface area contributed by atoms with Crippen molar-refractivity contribution in [1.29, 1.82) is 0 Å². The van der Waals surface area contributed by atoms with Gasteiger partial charge in [-0.15, -0.1) is 0 Å². The summed E-state index contributed by atoms with van der Waals surface area (Å²) < 4.78 is 0. The second kappa shape index (κ2) is 18.6. The number of hydrogen-bond donors (Lipinski definition) is 0. The summed E-state index contributed by atoms with van der Waals surface area (Å²) >= 11 is 0. The van der Waals surface area contributed by atoms with Crippen LogP contribution in [-0.2, 0) is 10.8 Å². The molecule has 18 aromatic carbocycles. The number of fused-ring (bicyclic) bond motifs is 16. The molecule has 0 nitrogen and oxygen atoms in total. The molecule has 0 aromatic heterocycles. The van der Waals surface area contributed by atoms with E-state index < -0.39 is 0 Å². The molecule has 94 heavy (non-hydrogen) atoms. The highest BCUT2D eigenvalue weighted by molar-refractivity contribution is 6.25. The Balaban J connectivity index is 0.824. The van der Waals surface area contributed by atoms with Gasteiger partial charge in [-0.2, -0.15) is 0 Å². The quantitative estimate of drug-likeness (QED) is 0.154. The van der Waals surface area contributed by atoms with Crippen LogP contribution in [0.1, 0.15) is 49.9 Å². The molecular formula is C94H60. The number of benzene rings is 18. The van der Waals surface area contributed by atoms with Crippen LogP contribution in [0.2, 0.25) is 0 Å². The molecule has 0 saturated heterocycles. The van der Waals surface area contributed by atoms with Gasteiger partial charge in [0.15, 0.2) is 0 Å². The summed E-state index contributed by atoms with van der Waals surface area (Å²) in [7, 11) is 0. The number of hydrogen-bond acceptors (Lipinski definition) is 0. The average molecular weight is 1190 g/mol. The van der Waals surface area contributed by atoms with Crippen LogP contribution in [0.5, 0.6) is 0 Å². The first kappa shape index (κ1) is 52.2. The molecule has 0 spiro atoms. The van der Waals surface area contributed by atoms with Crippen molar-refractivity contribution < 1.29 is 0 Å². The lowest BCUT2D eigenvalue weighted by Gasteiger charge is -2.44. The van der Waals surface area contributed by atoms with Gasteiger partial charge in [0.25, 0.3) is 0 Å². The van der Waals surface area contributed by atoms with Gasteiger partial charge in [-0.05, 0) is 316 Å². The fraction of sp³-hybridized carbons (Fsp3) is 0.0638. The Hall–Kier alpha value is -11.4. The van der Waals surface area contributed by atoms with E-state index in [2.05, 4.69) is 319 Å².